The minimum absolute atomic E-state index is 0.0739. The third-order valence-electron chi connectivity index (χ3n) is 4.95. The average molecular weight is 385 g/mol. The fourth-order valence-corrected chi connectivity index (χ4v) is 3.43. The molecule has 1 fully saturated rings. The van der Waals surface area contributed by atoms with Crippen LogP contribution in [-0.2, 0) is 19.0 Å². The van der Waals surface area contributed by atoms with Gasteiger partial charge in [-0.15, -0.1) is 0 Å². The molecule has 0 amide bonds. The van der Waals surface area contributed by atoms with E-state index in [-0.39, 0.29) is 18.2 Å². The molecule has 5 heteroatoms. The Kier molecular flexibility index (Phi) is 11.9. The van der Waals surface area contributed by atoms with Gasteiger partial charge in [0.25, 0.3) is 0 Å². The third kappa shape index (κ3) is 10.9. The maximum atomic E-state index is 11.0. The number of methoxy groups -OCH3 is 1. The molecule has 1 aliphatic rings. The average Bonchev–Trinajstić information content (AvgIpc) is 2.92. The zero-order valence-corrected chi connectivity index (χ0v) is 17.7. The summed E-state index contributed by atoms with van der Waals surface area (Å²) < 4.78 is 16.6. The molecule has 27 heavy (non-hydrogen) atoms. The maximum Gasteiger partial charge on any atom is 0.305 e. The number of rotatable bonds is 14. The van der Waals surface area contributed by atoms with E-state index in [1.54, 1.807) is 0 Å². The van der Waals surface area contributed by atoms with Crippen LogP contribution in [0.15, 0.2) is 12.2 Å². The van der Waals surface area contributed by atoms with E-state index in [2.05, 4.69) is 11.7 Å². The molecule has 0 bridgehead atoms. The molecule has 1 N–H and O–H groups in total. The van der Waals surface area contributed by atoms with Gasteiger partial charge in [-0.25, -0.2) is 0 Å². The number of carbonyl (C=O) groups is 1. The van der Waals surface area contributed by atoms with Crippen LogP contribution in [0.3, 0.4) is 0 Å². The summed E-state index contributed by atoms with van der Waals surface area (Å²) in [6.07, 6.45) is 14.2. The topological polar surface area (TPSA) is 65.0 Å². The Morgan fingerprint density at radius 1 is 1.11 bits per heavy atom. The standard InChI is InChI=1S/C22H40O5/c1-5-6-10-14-19-20(27-22(2,3)26-19)17-16-18(23)13-11-8-7-9-12-15-21(24)25-4/h16-20,23H,5-15H2,1-4H3/b17-16+/t18-,19-,20-/m1/s1. The van der Waals surface area contributed by atoms with Crippen molar-refractivity contribution in [2.24, 2.45) is 0 Å². The summed E-state index contributed by atoms with van der Waals surface area (Å²) >= 11 is 0. The van der Waals surface area contributed by atoms with Gasteiger partial charge in [-0.1, -0.05) is 64.0 Å². The molecular formula is C22H40O5. The predicted molar refractivity (Wildman–Crippen MR) is 107 cm³/mol. The normalized spacial score (nSPS) is 23.0. The van der Waals surface area contributed by atoms with E-state index < -0.39 is 11.9 Å². The van der Waals surface area contributed by atoms with E-state index in [9.17, 15) is 9.90 Å². The first-order valence-electron chi connectivity index (χ1n) is 10.7. The van der Waals surface area contributed by atoms with Crippen LogP contribution in [0.2, 0.25) is 0 Å². The number of aliphatic hydroxyl groups excluding tert-OH is 1. The first kappa shape index (κ1) is 24.1. The lowest BCUT2D eigenvalue weighted by molar-refractivity contribution is -0.143. The van der Waals surface area contributed by atoms with E-state index in [0.29, 0.717) is 6.42 Å². The molecule has 0 spiro atoms. The Balaban J connectivity index is 2.22. The second-order valence-corrected chi connectivity index (χ2v) is 7.97. The lowest BCUT2D eigenvalue weighted by atomic mass is 10.0. The lowest BCUT2D eigenvalue weighted by Crippen LogP contribution is -2.21. The Morgan fingerprint density at radius 2 is 1.81 bits per heavy atom. The summed E-state index contributed by atoms with van der Waals surface area (Å²) in [4.78, 5) is 11.0. The van der Waals surface area contributed by atoms with Crippen molar-refractivity contribution in [3.8, 4) is 0 Å². The minimum Gasteiger partial charge on any atom is -0.469 e. The Hall–Kier alpha value is -0.910. The van der Waals surface area contributed by atoms with Crippen LogP contribution < -0.4 is 0 Å². The number of carbonyl (C=O) groups excluding carboxylic acids is 1. The Bertz CT molecular complexity index is 432. The molecule has 5 nitrogen and oxygen atoms in total. The highest BCUT2D eigenvalue weighted by Gasteiger charge is 2.39. The van der Waals surface area contributed by atoms with Gasteiger partial charge >= 0.3 is 5.97 Å². The van der Waals surface area contributed by atoms with Crippen molar-refractivity contribution < 1.29 is 24.1 Å². The highest BCUT2D eigenvalue weighted by Crippen LogP contribution is 2.31. The second-order valence-electron chi connectivity index (χ2n) is 7.97. The second kappa shape index (κ2) is 13.3. The molecule has 158 valence electrons. The largest absolute Gasteiger partial charge is 0.469 e. The van der Waals surface area contributed by atoms with Crippen LogP contribution in [0.4, 0.5) is 0 Å². The SMILES string of the molecule is CCCCC[C@H]1OC(C)(C)O[C@@H]1/C=C/[C@H](O)CCCCCCCC(=O)OC. The Labute approximate surface area is 165 Å². The van der Waals surface area contributed by atoms with Crippen molar-refractivity contribution in [3.05, 3.63) is 12.2 Å². The van der Waals surface area contributed by atoms with Crippen molar-refractivity contribution in [1.29, 1.82) is 0 Å². The number of hydrogen-bond acceptors (Lipinski definition) is 5. The van der Waals surface area contributed by atoms with E-state index >= 15 is 0 Å². The molecule has 0 saturated carbocycles. The molecule has 1 heterocycles. The van der Waals surface area contributed by atoms with Gasteiger partial charge in [-0.2, -0.15) is 0 Å². The summed E-state index contributed by atoms with van der Waals surface area (Å²) in [6.45, 7) is 6.09. The van der Waals surface area contributed by atoms with Gasteiger partial charge < -0.3 is 19.3 Å². The van der Waals surface area contributed by atoms with Crippen LogP contribution in [-0.4, -0.2) is 42.3 Å². The smallest absolute Gasteiger partial charge is 0.305 e. The molecule has 0 aliphatic carbocycles. The first-order valence-corrected chi connectivity index (χ1v) is 10.7. The summed E-state index contributed by atoms with van der Waals surface area (Å²) in [7, 11) is 1.42. The van der Waals surface area contributed by atoms with Crippen LogP contribution in [0.25, 0.3) is 0 Å². The van der Waals surface area contributed by atoms with Crippen molar-refractivity contribution in [2.75, 3.05) is 7.11 Å². The van der Waals surface area contributed by atoms with Crippen LogP contribution in [0.5, 0.6) is 0 Å². The molecule has 1 aliphatic heterocycles. The molecule has 0 aromatic rings. The minimum atomic E-state index is -0.555. The molecule has 3 atom stereocenters. The maximum absolute atomic E-state index is 11.0. The Morgan fingerprint density at radius 3 is 2.52 bits per heavy atom. The molecule has 1 rings (SSSR count). The third-order valence-corrected chi connectivity index (χ3v) is 4.95. The van der Waals surface area contributed by atoms with Gasteiger partial charge in [0, 0.05) is 6.42 Å². The molecule has 0 aromatic heterocycles. The lowest BCUT2D eigenvalue weighted by Gasteiger charge is -2.16. The zero-order valence-electron chi connectivity index (χ0n) is 17.7. The highest BCUT2D eigenvalue weighted by atomic mass is 16.7. The fourth-order valence-electron chi connectivity index (χ4n) is 3.43. The summed E-state index contributed by atoms with van der Waals surface area (Å²) in [5.41, 5.74) is 0. The number of hydrogen-bond donors (Lipinski definition) is 1. The van der Waals surface area contributed by atoms with Crippen molar-refractivity contribution in [3.63, 3.8) is 0 Å². The molecular weight excluding hydrogens is 344 g/mol. The predicted octanol–water partition coefficient (Wildman–Crippen LogP) is 4.91. The van der Waals surface area contributed by atoms with Crippen molar-refractivity contribution >= 4 is 5.97 Å². The number of unbranched alkanes of at least 4 members (excludes halogenated alkanes) is 6. The van der Waals surface area contributed by atoms with Crippen LogP contribution in [0.1, 0.15) is 91.4 Å². The summed E-state index contributed by atoms with van der Waals surface area (Å²) in [5.74, 6) is -0.689. The van der Waals surface area contributed by atoms with Crippen molar-refractivity contribution in [2.45, 2.75) is 115 Å². The molecule has 0 radical (unpaired) electrons. The summed E-state index contributed by atoms with van der Waals surface area (Å²) in [6, 6.07) is 0. The molecule has 0 unspecified atom stereocenters. The summed E-state index contributed by atoms with van der Waals surface area (Å²) in [5, 5.41) is 10.2. The van der Waals surface area contributed by atoms with Gasteiger partial charge in [-0.05, 0) is 33.1 Å². The van der Waals surface area contributed by atoms with E-state index in [1.165, 1.54) is 20.0 Å². The van der Waals surface area contributed by atoms with Crippen molar-refractivity contribution in [1.82, 2.24) is 0 Å². The first-order chi connectivity index (χ1) is 12.9. The zero-order chi connectivity index (χ0) is 20.1. The van der Waals surface area contributed by atoms with Gasteiger partial charge in [0.05, 0.1) is 19.3 Å². The fraction of sp³-hybridized carbons (Fsp3) is 0.864. The monoisotopic (exact) mass is 384 g/mol. The van der Waals surface area contributed by atoms with E-state index in [1.807, 2.05) is 26.0 Å². The number of esters is 1. The number of aliphatic hydroxyl groups is 1. The number of ether oxygens (including phenoxy) is 3. The van der Waals surface area contributed by atoms with E-state index in [0.717, 1.165) is 51.4 Å². The quantitative estimate of drug-likeness (QED) is 0.262. The molecule has 1 saturated heterocycles. The van der Waals surface area contributed by atoms with Gasteiger partial charge in [-0.3, -0.25) is 4.79 Å². The molecule has 0 aromatic carbocycles. The van der Waals surface area contributed by atoms with Gasteiger partial charge in [0.1, 0.15) is 6.10 Å². The van der Waals surface area contributed by atoms with Crippen LogP contribution in [0, 0.1) is 0 Å². The van der Waals surface area contributed by atoms with Crippen LogP contribution >= 0.6 is 0 Å². The highest BCUT2D eigenvalue weighted by molar-refractivity contribution is 5.68. The van der Waals surface area contributed by atoms with E-state index in [4.69, 9.17) is 9.47 Å². The van der Waals surface area contributed by atoms with Gasteiger partial charge in [0.15, 0.2) is 5.79 Å². The van der Waals surface area contributed by atoms with Gasteiger partial charge in [0.2, 0.25) is 0 Å².